The summed E-state index contributed by atoms with van der Waals surface area (Å²) in [7, 11) is 0. The summed E-state index contributed by atoms with van der Waals surface area (Å²) in [6.45, 7) is 1.46. The number of alkyl halides is 4. The van der Waals surface area contributed by atoms with Crippen LogP contribution in [0.25, 0.3) is 0 Å². The summed E-state index contributed by atoms with van der Waals surface area (Å²) in [6, 6.07) is 7.52. The minimum Gasteiger partial charge on any atom is -0.448 e. The van der Waals surface area contributed by atoms with Gasteiger partial charge in [0, 0.05) is 0 Å². The maximum Gasteiger partial charge on any atom is 0.490 e. The van der Waals surface area contributed by atoms with Crippen molar-refractivity contribution in [1.29, 1.82) is 0 Å². The molecule has 0 aromatic heterocycles. The lowest BCUT2D eigenvalue weighted by molar-refractivity contribution is -0.208. The molecule has 1 rings (SSSR count). The molecule has 0 saturated carbocycles. The molecule has 1 aromatic rings. The van der Waals surface area contributed by atoms with E-state index in [-0.39, 0.29) is 12.0 Å². The van der Waals surface area contributed by atoms with Crippen LogP contribution in [0.4, 0.5) is 17.6 Å². The molecule has 2 nitrogen and oxygen atoms in total. The summed E-state index contributed by atoms with van der Waals surface area (Å²) >= 11 is 0. The van der Waals surface area contributed by atoms with Crippen molar-refractivity contribution in [3.05, 3.63) is 35.9 Å². The van der Waals surface area contributed by atoms with Gasteiger partial charge in [-0.1, -0.05) is 37.3 Å². The van der Waals surface area contributed by atoms with E-state index in [0.717, 1.165) is 0 Å². The highest BCUT2D eigenvalue weighted by Gasteiger charge is 2.43. The minimum atomic E-state index is -5.12. The number of halogens is 4. The van der Waals surface area contributed by atoms with Gasteiger partial charge >= 0.3 is 12.1 Å². The van der Waals surface area contributed by atoms with Crippen molar-refractivity contribution in [2.24, 2.45) is 0 Å². The van der Waals surface area contributed by atoms with E-state index in [1.165, 1.54) is 31.2 Å². The van der Waals surface area contributed by atoms with Crippen LogP contribution in [-0.2, 0) is 9.53 Å². The second-order valence-electron chi connectivity index (χ2n) is 3.66. The molecule has 0 N–H and O–H groups in total. The molecule has 100 valence electrons. The molecule has 18 heavy (non-hydrogen) atoms. The molecule has 1 aromatic carbocycles. The Kier molecular flexibility index (Phi) is 4.69. The lowest BCUT2D eigenvalue weighted by atomic mass is 10.0. The molecule has 0 spiro atoms. The van der Waals surface area contributed by atoms with Gasteiger partial charge in [-0.05, 0) is 12.0 Å². The highest BCUT2D eigenvalue weighted by Crippen LogP contribution is 2.29. The van der Waals surface area contributed by atoms with Crippen LogP contribution in [0.3, 0.4) is 0 Å². The first-order valence-electron chi connectivity index (χ1n) is 5.33. The van der Waals surface area contributed by atoms with Crippen molar-refractivity contribution in [3.63, 3.8) is 0 Å². The smallest absolute Gasteiger partial charge is 0.448 e. The molecule has 0 saturated heterocycles. The van der Waals surface area contributed by atoms with Crippen LogP contribution in [-0.4, -0.2) is 18.3 Å². The van der Waals surface area contributed by atoms with Crippen LogP contribution < -0.4 is 0 Å². The monoisotopic (exact) mass is 264 g/mol. The quantitative estimate of drug-likeness (QED) is 0.613. The number of hydrogen-bond donors (Lipinski definition) is 0. The first-order chi connectivity index (χ1) is 8.36. The van der Waals surface area contributed by atoms with Gasteiger partial charge in [-0.25, -0.2) is 9.18 Å². The predicted molar refractivity (Wildman–Crippen MR) is 56.5 cm³/mol. The Labute approximate surface area is 102 Å². The Bertz CT molecular complexity index is 389. The van der Waals surface area contributed by atoms with Gasteiger partial charge in [0.1, 0.15) is 6.17 Å². The van der Waals surface area contributed by atoms with Gasteiger partial charge in [-0.3, -0.25) is 0 Å². The SMILES string of the molecule is CCC(F)C(OC(=O)C(F)(F)F)c1ccccc1. The molecule has 2 unspecified atom stereocenters. The highest BCUT2D eigenvalue weighted by molar-refractivity contribution is 5.75. The van der Waals surface area contributed by atoms with E-state index in [9.17, 15) is 22.4 Å². The molecule has 0 radical (unpaired) electrons. The second-order valence-corrected chi connectivity index (χ2v) is 3.66. The van der Waals surface area contributed by atoms with Gasteiger partial charge in [0.15, 0.2) is 6.10 Å². The Morgan fingerprint density at radius 2 is 1.83 bits per heavy atom. The fraction of sp³-hybridized carbons (Fsp3) is 0.417. The Morgan fingerprint density at radius 1 is 1.28 bits per heavy atom. The Balaban J connectivity index is 2.91. The summed E-state index contributed by atoms with van der Waals surface area (Å²) < 4.78 is 54.1. The molecule has 0 bridgehead atoms. The standard InChI is InChI=1S/C12H12F4O2/c1-2-9(13)10(8-6-4-3-5-7-8)18-11(17)12(14,15)16/h3-7,9-10H,2H2,1H3. The molecule has 0 fully saturated rings. The molecule has 0 amide bonds. The van der Waals surface area contributed by atoms with Crippen molar-refractivity contribution in [2.45, 2.75) is 31.8 Å². The van der Waals surface area contributed by atoms with Gasteiger partial charge in [0.25, 0.3) is 0 Å². The van der Waals surface area contributed by atoms with Crippen molar-refractivity contribution in [2.75, 3.05) is 0 Å². The largest absolute Gasteiger partial charge is 0.490 e. The zero-order valence-corrected chi connectivity index (χ0v) is 9.58. The number of esters is 1. The summed E-state index contributed by atoms with van der Waals surface area (Å²) in [6.07, 6.45) is -8.39. The van der Waals surface area contributed by atoms with Crippen LogP contribution in [0.1, 0.15) is 25.0 Å². The normalized spacial score (nSPS) is 14.9. The summed E-state index contributed by atoms with van der Waals surface area (Å²) in [5, 5.41) is 0. The number of carbonyl (C=O) groups excluding carboxylic acids is 1. The first-order valence-corrected chi connectivity index (χ1v) is 5.33. The van der Waals surface area contributed by atoms with Crippen LogP contribution in [0.15, 0.2) is 30.3 Å². The minimum absolute atomic E-state index is 0.0509. The first kappa shape index (κ1) is 14.5. The maximum atomic E-state index is 13.6. The third-order valence-corrected chi connectivity index (χ3v) is 2.31. The molecule has 0 heterocycles. The summed E-state index contributed by atoms with van der Waals surface area (Å²) in [5.41, 5.74) is 0.199. The van der Waals surface area contributed by atoms with Crippen molar-refractivity contribution < 1.29 is 27.1 Å². The lowest BCUT2D eigenvalue weighted by Gasteiger charge is -2.21. The third kappa shape index (κ3) is 3.72. The molecule has 0 aliphatic carbocycles. The third-order valence-electron chi connectivity index (χ3n) is 2.31. The molecule has 2 atom stereocenters. The topological polar surface area (TPSA) is 26.3 Å². The van der Waals surface area contributed by atoms with E-state index in [0.29, 0.717) is 0 Å². The van der Waals surface area contributed by atoms with E-state index < -0.39 is 24.4 Å². The van der Waals surface area contributed by atoms with Crippen molar-refractivity contribution in [1.82, 2.24) is 0 Å². The zero-order valence-electron chi connectivity index (χ0n) is 9.58. The average molecular weight is 264 g/mol. The van der Waals surface area contributed by atoms with Gasteiger partial charge in [-0.2, -0.15) is 13.2 Å². The van der Waals surface area contributed by atoms with E-state index in [2.05, 4.69) is 4.74 Å². The Morgan fingerprint density at radius 3 is 2.28 bits per heavy atom. The fourth-order valence-corrected chi connectivity index (χ4v) is 1.39. The van der Waals surface area contributed by atoms with Crippen LogP contribution >= 0.6 is 0 Å². The number of rotatable bonds is 4. The van der Waals surface area contributed by atoms with Gasteiger partial charge in [-0.15, -0.1) is 0 Å². The van der Waals surface area contributed by atoms with Gasteiger partial charge in [0.2, 0.25) is 0 Å². The van der Waals surface area contributed by atoms with Gasteiger partial charge in [0.05, 0.1) is 0 Å². The number of carbonyl (C=O) groups is 1. The number of ether oxygens (including phenoxy) is 1. The van der Waals surface area contributed by atoms with E-state index >= 15 is 0 Å². The maximum absolute atomic E-state index is 13.6. The Hall–Kier alpha value is -1.59. The molecule has 6 heteroatoms. The summed E-state index contributed by atoms with van der Waals surface area (Å²) in [5.74, 6) is -2.38. The molecule has 0 aliphatic rings. The zero-order chi connectivity index (χ0) is 13.8. The molecular weight excluding hydrogens is 252 g/mol. The van der Waals surface area contributed by atoms with E-state index in [1.54, 1.807) is 6.07 Å². The number of benzene rings is 1. The average Bonchev–Trinajstić information content (AvgIpc) is 2.34. The van der Waals surface area contributed by atoms with Crippen molar-refractivity contribution >= 4 is 5.97 Å². The van der Waals surface area contributed by atoms with E-state index in [4.69, 9.17) is 0 Å². The van der Waals surface area contributed by atoms with Crippen molar-refractivity contribution in [3.8, 4) is 0 Å². The lowest BCUT2D eigenvalue weighted by Crippen LogP contribution is -2.30. The molecule has 0 aliphatic heterocycles. The predicted octanol–water partition coefficient (Wildman–Crippen LogP) is 3.58. The van der Waals surface area contributed by atoms with Crippen LogP contribution in [0, 0.1) is 0 Å². The van der Waals surface area contributed by atoms with Crippen LogP contribution in [0.5, 0.6) is 0 Å². The van der Waals surface area contributed by atoms with E-state index in [1.807, 2.05) is 0 Å². The summed E-state index contributed by atoms with van der Waals surface area (Å²) in [4.78, 5) is 10.8. The second kappa shape index (κ2) is 5.84. The van der Waals surface area contributed by atoms with Crippen LogP contribution in [0.2, 0.25) is 0 Å². The highest BCUT2D eigenvalue weighted by atomic mass is 19.4. The molecular formula is C12H12F4O2. The number of hydrogen-bond acceptors (Lipinski definition) is 2. The van der Waals surface area contributed by atoms with Gasteiger partial charge < -0.3 is 4.74 Å². The fourth-order valence-electron chi connectivity index (χ4n) is 1.39.